The highest BCUT2D eigenvalue weighted by Crippen LogP contribution is 2.30. The molecule has 7 nitrogen and oxygen atoms in total. The highest BCUT2D eigenvalue weighted by atomic mass is 16.2. The first-order chi connectivity index (χ1) is 12.9. The minimum Gasteiger partial charge on any atom is -0.353 e. The molecule has 0 aromatic heterocycles. The minimum atomic E-state index is -0.0381. The summed E-state index contributed by atoms with van der Waals surface area (Å²) in [5.41, 5.74) is 1.25. The van der Waals surface area contributed by atoms with Crippen LogP contribution in [-0.4, -0.2) is 66.3 Å². The molecular formula is C20H28N4O3. The number of hydrogen-bond acceptors (Lipinski definition) is 4. The van der Waals surface area contributed by atoms with Gasteiger partial charge in [0.2, 0.25) is 11.8 Å². The number of amides is 3. The molecule has 2 aliphatic rings. The molecule has 3 rings (SSSR count). The van der Waals surface area contributed by atoms with Crippen LogP contribution >= 0.6 is 0 Å². The second kappa shape index (κ2) is 8.52. The number of anilines is 1. The molecule has 1 heterocycles. The van der Waals surface area contributed by atoms with Gasteiger partial charge in [-0.3, -0.25) is 19.3 Å². The molecule has 1 aliphatic heterocycles. The standard InChI is InChI=1S/C20H28N4O3/c1-14(2)21-18(25)13-23-8-10-24(11-9-23)20(27)16-4-3-5-17(12-16)22-19(26)15-6-7-15/h3-5,12,14-15H,6-11,13H2,1-2H3,(H,21,25)(H,22,26). The molecular weight excluding hydrogens is 344 g/mol. The summed E-state index contributed by atoms with van der Waals surface area (Å²) in [7, 11) is 0. The number of rotatable bonds is 6. The van der Waals surface area contributed by atoms with Crippen molar-refractivity contribution >= 4 is 23.4 Å². The monoisotopic (exact) mass is 372 g/mol. The van der Waals surface area contributed by atoms with Crippen LogP contribution in [0.25, 0.3) is 0 Å². The Morgan fingerprint density at radius 3 is 2.44 bits per heavy atom. The molecule has 2 N–H and O–H groups in total. The average Bonchev–Trinajstić information content (AvgIpc) is 3.46. The maximum atomic E-state index is 12.8. The number of nitrogens with one attached hydrogen (secondary N) is 2. The van der Waals surface area contributed by atoms with E-state index in [2.05, 4.69) is 15.5 Å². The van der Waals surface area contributed by atoms with Gasteiger partial charge >= 0.3 is 0 Å². The van der Waals surface area contributed by atoms with Gasteiger partial charge in [0, 0.05) is 49.4 Å². The van der Waals surface area contributed by atoms with Crippen LogP contribution in [0.15, 0.2) is 24.3 Å². The Kier molecular flexibility index (Phi) is 6.11. The molecule has 0 atom stereocenters. The van der Waals surface area contributed by atoms with E-state index in [0.717, 1.165) is 12.8 Å². The molecule has 1 saturated carbocycles. The summed E-state index contributed by atoms with van der Waals surface area (Å²) in [6.07, 6.45) is 1.90. The number of carbonyl (C=O) groups is 3. The third-order valence-electron chi connectivity index (χ3n) is 4.80. The Morgan fingerprint density at radius 2 is 1.81 bits per heavy atom. The normalized spacial score (nSPS) is 17.7. The predicted molar refractivity (Wildman–Crippen MR) is 103 cm³/mol. The summed E-state index contributed by atoms with van der Waals surface area (Å²) in [4.78, 5) is 40.4. The lowest BCUT2D eigenvalue weighted by Gasteiger charge is -2.34. The quantitative estimate of drug-likeness (QED) is 0.789. The Hall–Kier alpha value is -2.41. The molecule has 0 spiro atoms. The largest absolute Gasteiger partial charge is 0.353 e. The fraction of sp³-hybridized carbons (Fsp3) is 0.550. The second-order valence-electron chi connectivity index (χ2n) is 7.63. The summed E-state index contributed by atoms with van der Waals surface area (Å²) in [5.74, 6) is 0.144. The SMILES string of the molecule is CC(C)NC(=O)CN1CCN(C(=O)c2cccc(NC(=O)C3CC3)c2)CC1. The minimum absolute atomic E-state index is 0.0175. The summed E-state index contributed by atoms with van der Waals surface area (Å²) in [5, 5.41) is 5.77. The molecule has 0 unspecified atom stereocenters. The fourth-order valence-electron chi connectivity index (χ4n) is 3.18. The van der Waals surface area contributed by atoms with Gasteiger partial charge in [-0.05, 0) is 44.9 Å². The zero-order valence-corrected chi connectivity index (χ0v) is 16.0. The summed E-state index contributed by atoms with van der Waals surface area (Å²) in [6, 6.07) is 7.25. The average molecular weight is 372 g/mol. The van der Waals surface area contributed by atoms with Gasteiger partial charge in [-0.2, -0.15) is 0 Å². The van der Waals surface area contributed by atoms with Gasteiger partial charge in [-0.1, -0.05) is 6.07 Å². The topological polar surface area (TPSA) is 81.8 Å². The van der Waals surface area contributed by atoms with Crippen LogP contribution in [0.4, 0.5) is 5.69 Å². The van der Waals surface area contributed by atoms with E-state index in [9.17, 15) is 14.4 Å². The van der Waals surface area contributed by atoms with Crippen molar-refractivity contribution in [3.05, 3.63) is 29.8 Å². The van der Waals surface area contributed by atoms with Gasteiger partial charge in [0.1, 0.15) is 0 Å². The molecule has 1 aromatic carbocycles. The van der Waals surface area contributed by atoms with Crippen molar-refractivity contribution in [1.29, 1.82) is 0 Å². The highest BCUT2D eigenvalue weighted by molar-refractivity contribution is 5.98. The molecule has 7 heteroatoms. The third-order valence-corrected chi connectivity index (χ3v) is 4.80. The van der Waals surface area contributed by atoms with Crippen molar-refractivity contribution in [2.75, 3.05) is 38.0 Å². The zero-order chi connectivity index (χ0) is 19.4. The fourth-order valence-corrected chi connectivity index (χ4v) is 3.18. The Balaban J connectivity index is 1.51. The molecule has 3 amide bonds. The Labute approximate surface area is 160 Å². The van der Waals surface area contributed by atoms with Gasteiger partial charge < -0.3 is 15.5 Å². The summed E-state index contributed by atoms with van der Waals surface area (Å²) < 4.78 is 0. The molecule has 1 aromatic rings. The van der Waals surface area contributed by atoms with E-state index in [-0.39, 0.29) is 29.7 Å². The first kappa shape index (κ1) is 19.4. The van der Waals surface area contributed by atoms with E-state index in [1.807, 2.05) is 19.9 Å². The molecule has 2 fully saturated rings. The van der Waals surface area contributed by atoms with E-state index in [1.165, 1.54) is 0 Å². The zero-order valence-electron chi connectivity index (χ0n) is 16.0. The van der Waals surface area contributed by atoms with Gasteiger partial charge in [-0.25, -0.2) is 0 Å². The first-order valence-corrected chi connectivity index (χ1v) is 9.64. The molecule has 0 bridgehead atoms. The Bertz CT molecular complexity index is 707. The lowest BCUT2D eigenvalue weighted by Crippen LogP contribution is -2.51. The van der Waals surface area contributed by atoms with Crippen molar-refractivity contribution in [3.8, 4) is 0 Å². The van der Waals surface area contributed by atoms with Crippen LogP contribution in [0, 0.1) is 5.92 Å². The molecule has 1 saturated heterocycles. The van der Waals surface area contributed by atoms with E-state index in [0.29, 0.717) is 44.0 Å². The van der Waals surface area contributed by atoms with Crippen LogP contribution in [0.5, 0.6) is 0 Å². The van der Waals surface area contributed by atoms with E-state index < -0.39 is 0 Å². The highest BCUT2D eigenvalue weighted by Gasteiger charge is 2.30. The second-order valence-corrected chi connectivity index (χ2v) is 7.63. The van der Waals surface area contributed by atoms with E-state index >= 15 is 0 Å². The van der Waals surface area contributed by atoms with Crippen molar-refractivity contribution in [3.63, 3.8) is 0 Å². The lowest BCUT2D eigenvalue weighted by molar-refractivity contribution is -0.123. The van der Waals surface area contributed by atoms with Crippen molar-refractivity contribution in [2.24, 2.45) is 5.92 Å². The number of benzene rings is 1. The molecule has 27 heavy (non-hydrogen) atoms. The molecule has 1 aliphatic carbocycles. The van der Waals surface area contributed by atoms with Gasteiger partial charge in [0.25, 0.3) is 5.91 Å². The van der Waals surface area contributed by atoms with Gasteiger partial charge in [-0.15, -0.1) is 0 Å². The van der Waals surface area contributed by atoms with Crippen LogP contribution < -0.4 is 10.6 Å². The summed E-state index contributed by atoms with van der Waals surface area (Å²) in [6.45, 7) is 6.78. The van der Waals surface area contributed by atoms with Gasteiger partial charge in [0.05, 0.1) is 6.54 Å². The van der Waals surface area contributed by atoms with Gasteiger partial charge in [0.15, 0.2) is 0 Å². The van der Waals surface area contributed by atoms with Crippen molar-refractivity contribution in [2.45, 2.75) is 32.7 Å². The Morgan fingerprint density at radius 1 is 1.11 bits per heavy atom. The number of piperazine rings is 1. The maximum absolute atomic E-state index is 12.8. The van der Waals surface area contributed by atoms with Crippen molar-refractivity contribution in [1.82, 2.24) is 15.1 Å². The van der Waals surface area contributed by atoms with E-state index in [4.69, 9.17) is 0 Å². The lowest BCUT2D eigenvalue weighted by atomic mass is 10.1. The van der Waals surface area contributed by atoms with Crippen LogP contribution in [0.2, 0.25) is 0 Å². The molecule has 146 valence electrons. The smallest absolute Gasteiger partial charge is 0.254 e. The van der Waals surface area contributed by atoms with Crippen LogP contribution in [0.3, 0.4) is 0 Å². The maximum Gasteiger partial charge on any atom is 0.254 e. The van der Waals surface area contributed by atoms with Crippen LogP contribution in [0.1, 0.15) is 37.0 Å². The van der Waals surface area contributed by atoms with E-state index in [1.54, 1.807) is 23.1 Å². The summed E-state index contributed by atoms with van der Waals surface area (Å²) >= 11 is 0. The number of carbonyl (C=O) groups excluding carboxylic acids is 3. The predicted octanol–water partition coefficient (Wildman–Crippen LogP) is 1.32. The third kappa shape index (κ3) is 5.53. The first-order valence-electron chi connectivity index (χ1n) is 9.64. The number of nitrogens with zero attached hydrogens (tertiary/aromatic N) is 2. The van der Waals surface area contributed by atoms with Crippen molar-refractivity contribution < 1.29 is 14.4 Å². The number of hydrogen-bond donors (Lipinski definition) is 2. The molecule has 0 radical (unpaired) electrons. The van der Waals surface area contributed by atoms with Crippen LogP contribution in [-0.2, 0) is 9.59 Å².